The molecule has 1 saturated heterocycles. The number of nitrogens with zero attached hydrogens (tertiary/aromatic N) is 1. The molecule has 4 rings (SSSR count). The van der Waals surface area contributed by atoms with E-state index in [0.717, 1.165) is 4.90 Å². The van der Waals surface area contributed by atoms with Crippen molar-refractivity contribution in [2.45, 2.75) is 18.6 Å². The maximum atomic E-state index is 12.9. The van der Waals surface area contributed by atoms with Crippen LogP contribution in [0.3, 0.4) is 0 Å². The number of benzene rings is 2. The number of aliphatic carboxylic acids is 1. The van der Waals surface area contributed by atoms with Crippen LogP contribution in [0.25, 0.3) is 6.08 Å². The number of hydrogen-bond acceptors (Lipinski definition) is 9. The molecule has 2 aromatic carbocycles. The quantitative estimate of drug-likeness (QED) is 0.516. The molecule has 2 aromatic rings. The summed E-state index contributed by atoms with van der Waals surface area (Å²) in [5, 5.41) is 19.0. The molecule has 2 atom stereocenters. The molecule has 11 heteroatoms. The third-order valence-electron chi connectivity index (χ3n) is 5.87. The monoisotopic (exact) mass is 499 g/mol. The number of Topliss-reactive ketones (excluding diaryl/α,β-unsaturated/α-hetero) is 1. The molecule has 11 nitrogen and oxygen atoms in total. The first-order valence-electron chi connectivity index (χ1n) is 11.0. The van der Waals surface area contributed by atoms with Crippen molar-refractivity contribution in [3.05, 3.63) is 47.2 Å². The molecule has 2 aliphatic rings. The Hall–Kier alpha value is -4.25. The van der Waals surface area contributed by atoms with Gasteiger partial charge in [0.15, 0.2) is 23.9 Å². The van der Waals surface area contributed by atoms with Gasteiger partial charge in [-0.2, -0.15) is 0 Å². The Morgan fingerprint density at radius 3 is 2.42 bits per heavy atom. The number of ketones is 1. The molecule has 36 heavy (non-hydrogen) atoms. The maximum Gasteiger partial charge on any atom is 0.326 e. The average molecular weight is 499 g/mol. The minimum atomic E-state index is -1.18. The van der Waals surface area contributed by atoms with Crippen molar-refractivity contribution < 1.29 is 48.3 Å². The molecule has 2 N–H and O–H groups in total. The number of β-amino-alcohol motifs (C(OH)–C–C–N with tert-alkyl or cyclic N) is 1. The topological polar surface area (TPSA) is 141 Å². The lowest BCUT2D eigenvalue weighted by Crippen LogP contribution is -2.42. The summed E-state index contributed by atoms with van der Waals surface area (Å²) >= 11 is 0. The van der Waals surface area contributed by atoms with Gasteiger partial charge in [0.05, 0.1) is 33.0 Å². The van der Waals surface area contributed by atoms with Crippen LogP contribution in [0.15, 0.2) is 36.1 Å². The fourth-order valence-corrected chi connectivity index (χ4v) is 4.14. The highest BCUT2D eigenvalue weighted by molar-refractivity contribution is 6.14. The lowest BCUT2D eigenvalue weighted by atomic mass is 10.1. The van der Waals surface area contributed by atoms with Crippen LogP contribution in [0.5, 0.6) is 28.7 Å². The van der Waals surface area contributed by atoms with Crippen LogP contribution in [0.4, 0.5) is 0 Å². The van der Waals surface area contributed by atoms with Gasteiger partial charge in [-0.3, -0.25) is 9.59 Å². The molecule has 0 saturated carbocycles. The molecule has 0 radical (unpaired) electrons. The minimum Gasteiger partial charge on any atom is -0.493 e. The van der Waals surface area contributed by atoms with E-state index in [-0.39, 0.29) is 36.0 Å². The van der Waals surface area contributed by atoms with Gasteiger partial charge in [0, 0.05) is 19.0 Å². The van der Waals surface area contributed by atoms with Crippen molar-refractivity contribution in [1.82, 2.24) is 4.90 Å². The molecule has 0 unspecified atom stereocenters. The number of aliphatic hydroxyl groups is 1. The number of fused-ring (bicyclic) bond motifs is 1. The summed E-state index contributed by atoms with van der Waals surface area (Å²) in [6.45, 7) is -0.507. The van der Waals surface area contributed by atoms with Crippen LogP contribution in [-0.2, 0) is 9.59 Å². The Bertz CT molecular complexity index is 1210. The van der Waals surface area contributed by atoms with E-state index in [2.05, 4.69) is 0 Å². The van der Waals surface area contributed by atoms with Crippen LogP contribution >= 0.6 is 0 Å². The van der Waals surface area contributed by atoms with Gasteiger partial charge in [-0.1, -0.05) is 0 Å². The van der Waals surface area contributed by atoms with E-state index in [9.17, 15) is 24.6 Å². The minimum absolute atomic E-state index is 0.0308. The first-order valence-corrected chi connectivity index (χ1v) is 11.0. The average Bonchev–Trinajstić information content (AvgIpc) is 3.41. The molecule has 190 valence electrons. The van der Waals surface area contributed by atoms with E-state index in [1.807, 2.05) is 0 Å². The van der Waals surface area contributed by atoms with E-state index in [1.165, 1.54) is 39.5 Å². The van der Waals surface area contributed by atoms with Gasteiger partial charge < -0.3 is 38.8 Å². The van der Waals surface area contributed by atoms with E-state index >= 15 is 0 Å². The third kappa shape index (κ3) is 4.78. The fraction of sp³-hybridized carbons (Fsp3) is 0.320. The Kier molecular flexibility index (Phi) is 7.02. The van der Waals surface area contributed by atoms with Gasteiger partial charge in [0.25, 0.3) is 5.91 Å². The largest absolute Gasteiger partial charge is 0.493 e. The van der Waals surface area contributed by atoms with Gasteiger partial charge >= 0.3 is 5.97 Å². The zero-order valence-electron chi connectivity index (χ0n) is 19.8. The number of methoxy groups -OCH3 is 3. The first kappa shape index (κ1) is 24.9. The molecule has 1 fully saturated rings. The molecule has 0 aliphatic carbocycles. The molecular weight excluding hydrogens is 474 g/mol. The van der Waals surface area contributed by atoms with E-state index in [0.29, 0.717) is 28.4 Å². The van der Waals surface area contributed by atoms with Crippen LogP contribution < -0.4 is 23.7 Å². The number of amides is 1. The van der Waals surface area contributed by atoms with Crippen molar-refractivity contribution in [3.8, 4) is 28.7 Å². The Labute approximate surface area is 206 Å². The molecule has 2 heterocycles. The number of likely N-dealkylation sites (tertiary alicyclic amines) is 1. The molecule has 2 aliphatic heterocycles. The Morgan fingerprint density at radius 1 is 1.11 bits per heavy atom. The number of aliphatic hydroxyl groups excluding tert-OH is 1. The van der Waals surface area contributed by atoms with Gasteiger partial charge in [-0.25, -0.2) is 4.79 Å². The summed E-state index contributed by atoms with van der Waals surface area (Å²) in [6.07, 6.45) is 0.615. The summed E-state index contributed by atoms with van der Waals surface area (Å²) in [5.74, 6) is -0.252. The lowest BCUT2D eigenvalue weighted by Gasteiger charge is -2.21. The maximum absolute atomic E-state index is 12.9. The smallest absolute Gasteiger partial charge is 0.326 e. The number of carboxylic acids is 1. The second-order valence-corrected chi connectivity index (χ2v) is 8.13. The van der Waals surface area contributed by atoms with Crippen molar-refractivity contribution >= 4 is 23.7 Å². The summed E-state index contributed by atoms with van der Waals surface area (Å²) in [5.41, 5.74) is 0.907. The fourth-order valence-electron chi connectivity index (χ4n) is 4.14. The second-order valence-electron chi connectivity index (χ2n) is 8.13. The normalized spacial score (nSPS) is 19.6. The van der Waals surface area contributed by atoms with Crippen molar-refractivity contribution in [2.75, 3.05) is 34.5 Å². The number of rotatable bonds is 8. The number of carbonyl (C=O) groups excluding carboxylic acids is 2. The second kappa shape index (κ2) is 10.2. The first-order chi connectivity index (χ1) is 17.2. The summed E-state index contributed by atoms with van der Waals surface area (Å²) in [6, 6.07) is 6.77. The van der Waals surface area contributed by atoms with Crippen molar-refractivity contribution in [3.63, 3.8) is 0 Å². The predicted molar refractivity (Wildman–Crippen MR) is 125 cm³/mol. The molecule has 1 amide bonds. The van der Waals surface area contributed by atoms with Crippen molar-refractivity contribution in [1.29, 1.82) is 0 Å². The third-order valence-corrected chi connectivity index (χ3v) is 5.87. The molecule has 0 aromatic heterocycles. The Balaban J connectivity index is 1.49. The summed E-state index contributed by atoms with van der Waals surface area (Å²) < 4.78 is 27.3. The molecular formula is C25H25NO10. The molecule has 0 spiro atoms. The van der Waals surface area contributed by atoms with Gasteiger partial charge in [-0.05, 0) is 35.9 Å². The summed E-state index contributed by atoms with van der Waals surface area (Å²) in [4.78, 5) is 37.7. The van der Waals surface area contributed by atoms with Gasteiger partial charge in [0.2, 0.25) is 11.5 Å². The summed E-state index contributed by atoms with van der Waals surface area (Å²) in [7, 11) is 4.47. The number of hydrogen-bond donors (Lipinski definition) is 2. The zero-order chi connectivity index (χ0) is 26.0. The standard InChI is InChI=1S/C25H25NO10/c1-32-20-7-13(8-21(33-2)24(20)34-3)6-19-23(29)16-5-4-15(10-18(16)36-19)35-12-22(28)26-11-14(27)9-17(26)25(30)31/h4-8,10,14,17,27H,9,11-12H2,1-3H3,(H,30,31)/b19-6+/t14-,17+/m1/s1. The van der Waals surface area contributed by atoms with Crippen LogP contribution in [-0.4, -0.2) is 79.4 Å². The molecule has 0 bridgehead atoms. The van der Waals surface area contributed by atoms with Crippen LogP contribution in [0, 0.1) is 0 Å². The van der Waals surface area contributed by atoms with Crippen molar-refractivity contribution in [2.24, 2.45) is 0 Å². The van der Waals surface area contributed by atoms with Gasteiger partial charge in [0.1, 0.15) is 17.5 Å². The van der Waals surface area contributed by atoms with Gasteiger partial charge in [-0.15, -0.1) is 0 Å². The van der Waals surface area contributed by atoms with E-state index < -0.39 is 30.6 Å². The SMILES string of the molecule is COc1cc(/C=C2/Oc3cc(OCC(=O)N4C[C@H](O)C[C@H]4C(=O)O)ccc3C2=O)cc(OC)c1OC. The number of ether oxygens (including phenoxy) is 5. The lowest BCUT2D eigenvalue weighted by molar-refractivity contribution is -0.148. The Morgan fingerprint density at radius 2 is 1.81 bits per heavy atom. The van der Waals surface area contributed by atoms with Crippen LogP contribution in [0.2, 0.25) is 0 Å². The predicted octanol–water partition coefficient (Wildman–Crippen LogP) is 1.75. The number of carbonyl (C=O) groups is 3. The number of allylic oxidation sites excluding steroid dienone is 1. The zero-order valence-corrected chi connectivity index (χ0v) is 19.8. The highest BCUT2D eigenvalue weighted by atomic mass is 16.5. The van der Waals surface area contributed by atoms with E-state index in [4.69, 9.17) is 23.7 Å². The highest BCUT2D eigenvalue weighted by Crippen LogP contribution is 2.40. The highest BCUT2D eigenvalue weighted by Gasteiger charge is 2.39. The van der Waals surface area contributed by atoms with Crippen LogP contribution in [0.1, 0.15) is 22.3 Å². The van der Waals surface area contributed by atoms with E-state index in [1.54, 1.807) is 18.2 Å². The number of carboxylic acid groups (broad SMARTS) is 1.